The van der Waals surface area contributed by atoms with Crippen molar-refractivity contribution in [2.45, 2.75) is 44.6 Å². The zero-order valence-electron chi connectivity index (χ0n) is 24.3. The van der Waals surface area contributed by atoms with Crippen molar-refractivity contribution >= 4 is 41.7 Å². The molecule has 6 rings (SSSR count). The summed E-state index contributed by atoms with van der Waals surface area (Å²) < 4.78 is 16.1. The van der Waals surface area contributed by atoms with Gasteiger partial charge in [0.05, 0.1) is 19.0 Å². The lowest BCUT2D eigenvalue weighted by molar-refractivity contribution is -0.0224. The highest BCUT2D eigenvalue weighted by atomic mass is 28.4. The highest BCUT2D eigenvalue weighted by molar-refractivity contribution is 6.99. The molecule has 1 saturated heterocycles. The van der Waals surface area contributed by atoms with Crippen LogP contribution in [0.1, 0.15) is 39.0 Å². The number of hydrogen-bond acceptors (Lipinski definition) is 6. The number of imidazole rings is 1. The molecule has 5 aromatic rings. The molecule has 0 spiro atoms. The van der Waals surface area contributed by atoms with Gasteiger partial charge in [0.15, 0.2) is 11.5 Å². The minimum atomic E-state index is -2.73. The molecule has 3 heterocycles. The normalized spacial score (nSPS) is 19.5. The fourth-order valence-electron chi connectivity index (χ4n) is 6.14. The molecular formula is C34H37N5O2Si. The lowest BCUT2D eigenvalue weighted by Crippen LogP contribution is -2.67. The lowest BCUT2D eigenvalue weighted by Gasteiger charge is -2.43. The minimum absolute atomic E-state index is 0.116. The van der Waals surface area contributed by atoms with Crippen LogP contribution in [0.4, 0.5) is 5.82 Å². The second-order valence-electron chi connectivity index (χ2n) is 11.9. The summed E-state index contributed by atoms with van der Waals surface area (Å²) in [6.45, 7) is 7.35. The molecule has 42 heavy (non-hydrogen) atoms. The molecular weight excluding hydrogens is 538 g/mol. The maximum absolute atomic E-state index is 7.31. The van der Waals surface area contributed by atoms with Crippen LogP contribution in [0.3, 0.4) is 0 Å². The molecule has 3 aromatic carbocycles. The van der Waals surface area contributed by atoms with Gasteiger partial charge in [0.2, 0.25) is 0 Å². The predicted octanol–water partition coefficient (Wildman–Crippen LogP) is 5.60. The van der Waals surface area contributed by atoms with Crippen molar-refractivity contribution in [1.82, 2.24) is 19.5 Å². The number of nitrogen functional groups attached to an aromatic ring is 1. The van der Waals surface area contributed by atoms with Gasteiger partial charge in [0.1, 0.15) is 18.1 Å². The number of aromatic nitrogens is 4. The fraction of sp³-hybridized carbons (Fsp3) is 0.265. The Kier molecular flexibility index (Phi) is 7.77. The van der Waals surface area contributed by atoms with Gasteiger partial charge >= 0.3 is 0 Å². The van der Waals surface area contributed by atoms with Crippen LogP contribution in [0.2, 0.25) is 5.04 Å². The molecule has 2 N–H and O–H groups in total. The Balaban J connectivity index is 1.36. The molecule has 0 radical (unpaired) electrons. The maximum atomic E-state index is 7.31. The Morgan fingerprint density at radius 1 is 0.905 bits per heavy atom. The molecule has 7 nitrogen and oxygen atoms in total. The van der Waals surface area contributed by atoms with E-state index in [4.69, 9.17) is 14.9 Å². The third kappa shape index (κ3) is 5.29. The van der Waals surface area contributed by atoms with Crippen LogP contribution < -0.4 is 16.1 Å². The first-order chi connectivity index (χ1) is 20.4. The average molecular weight is 576 g/mol. The first-order valence-corrected chi connectivity index (χ1v) is 16.3. The standard InChI is InChI=1S/C34H37N5O2Si/c1-34(2,3)42(27-15-9-5-10-16-27,28-17-11-6-12-18-28)40-22-29-26(20-19-25-13-7-4-8-14-25)21-30(41-29)39-24-38-31-32(35)36-23-37-33(31)39/h4-20,23-24,26,29-30H,21-22H2,1-3H3,(H2,35,36,37)/t26-,29+,30+/m0/s1. The van der Waals surface area contributed by atoms with Crippen molar-refractivity contribution in [3.63, 3.8) is 0 Å². The van der Waals surface area contributed by atoms with Crippen LogP contribution >= 0.6 is 0 Å². The molecule has 1 fully saturated rings. The van der Waals surface area contributed by atoms with Gasteiger partial charge in [-0.1, -0.05) is 124 Å². The van der Waals surface area contributed by atoms with Crippen molar-refractivity contribution in [2.24, 2.45) is 5.92 Å². The maximum Gasteiger partial charge on any atom is 0.261 e. The first-order valence-electron chi connectivity index (χ1n) is 14.4. The van der Waals surface area contributed by atoms with E-state index < -0.39 is 8.32 Å². The molecule has 8 heteroatoms. The first kappa shape index (κ1) is 28.0. The van der Waals surface area contributed by atoms with Gasteiger partial charge < -0.3 is 14.9 Å². The summed E-state index contributed by atoms with van der Waals surface area (Å²) in [5.41, 5.74) is 8.50. The monoisotopic (exact) mass is 575 g/mol. The Morgan fingerprint density at radius 2 is 1.52 bits per heavy atom. The topological polar surface area (TPSA) is 88.1 Å². The fourth-order valence-corrected chi connectivity index (χ4v) is 10.7. The number of nitrogens with two attached hydrogens (primary N) is 1. The van der Waals surface area contributed by atoms with E-state index >= 15 is 0 Å². The zero-order valence-corrected chi connectivity index (χ0v) is 25.3. The van der Waals surface area contributed by atoms with Crippen LogP contribution in [0.5, 0.6) is 0 Å². The third-order valence-corrected chi connectivity index (χ3v) is 13.2. The van der Waals surface area contributed by atoms with Crippen molar-refractivity contribution in [3.8, 4) is 0 Å². The quantitative estimate of drug-likeness (QED) is 0.242. The Hall–Kier alpha value is -4.11. The van der Waals surface area contributed by atoms with Crippen LogP contribution in [0.25, 0.3) is 17.2 Å². The number of nitrogens with zero attached hydrogens (tertiary/aromatic N) is 4. The summed E-state index contributed by atoms with van der Waals surface area (Å²) >= 11 is 0. The van der Waals surface area contributed by atoms with E-state index in [1.54, 1.807) is 6.33 Å². The number of benzene rings is 3. The smallest absolute Gasteiger partial charge is 0.261 e. The van der Waals surface area contributed by atoms with Gasteiger partial charge in [0.25, 0.3) is 8.32 Å². The van der Waals surface area contributed by atoms with E-state index in [1.165, 1.54) is 16.7 Å². The zero-order chi connectivity index (χ0) is 29.2. The number of rotatable bonds is 8. The van der Waals surface area contributed by atoms with Gasteiger partial charge in [0, 0.05) is 12.3 Å². The second-order valence-corrected chi connectivity index (χ2v) is 16.2. The van der Waals surface area contributed by atoms with Crippen LogP contribution in [0.15, 0.2) is 110 Å². The number of hydrogen-bond donors (Lipinski definition) is 1. The summed E-state index contributed by atoms with van der Waals surface area (Å²) in [5, 5.41) is 2.38. The summed E-state index contributed by atoms with van der Waals surface area (Å²) in [4.78, 5) is 13.1. The Morgan fingerprint density at radius 3 is 2.14 bits per heavy atom. The summed E-state index contributed by atoms with van der Waals surface area (Å²) in [6.07, 6.45) is 7.99. The predicted molar refractivity (Wildman–Crippen MR) is 171 cm³/mol. The lowest BCUT2D eigenvalue weighted by atomic mass is 9.99. The molecule has 3 atom stereocenters. The van der Waals surface area contributed by atoms with Gasteiger partial charge in [-0.2, -0.15) is 0 Å². The van der Waals surface area contributed by atoms with Gasteiger partial charge in [-0.25, -0.2) is 15.0 Å². The van der Waals surface area contributed by atoms with E-state index in [2.05, 4.69) is 133 Å². The van der Waals surface area contributed by atoms with Gasteiger partial charge in [-0.15, -0.1) is 0 Å². The molecule has 0 amide bonds. The molecule has 1 aliphatic heterocycles. The average Bonchev–Trinajstić information content (AvgIpc) is 3.62. The summed E-state index contributed by atoms with van der Waals surface area (Å²) in [6, 6.07) is 31.8. The Labute approximate surface area is 248 Å². The number of fused-ring (bicyclic) bond motifs is 1. The molecule has 214 valence electrons. The van der Waals surface area contributed by atoms with Crippen molar-refractivity contribution in [3.05, 3.63) is 115 Å². The minimum Gasteiger partial charge on any atom is -0.405 e. The SMILES string of the molecule is CC(C)(C)[Si](OC[C@H]1O[C@@H](n2cnc3c(N)ncnc32)C[C@@H]1C=Cc1ccccc1)(c1ccccc1)c1ccccc1. The van der Waals surface area contributed by atoms with E-state index in [0.717, 1.165) is 12.0 Å². The number of ether oxygens (including phenoxy) is 1. The molecule has 2 aromatic heterocycles. The third-order valence-electron chi connectivity index (χ3n) is 8.20. The van der Waals surface area contributed by atoms with Crippen LogP contribution in [-0.4, -0.2) is 40.5 Å². The molecule has 1 aliphatic rings. The van der Waals surface area contributed by atoms with E-state index in [1.807, 2.05) is 10.6 Å². The van der Waals surface area contributed by atoms with Crippen LogP contribution in [-0.2, 0) is 9.16 Å². The molecule has 0 saturated carbocycles. The largest absolute Gasteiger partial charge is 0.405 e. The van der Waals surface area contributed by atoms with Crippen molar-refractivity contribution in [1.29, 1.82) is 0 Å². The highest BCUT2D eigenvalue weighted by Gasteiger charge is 2.51. The second kappa shape index (κ2) is 11.6. The Bertz CT molecular complexity index is 1610. The van der Waals surface area contributed by atoms with Gasteiger partial charge in [-0.3, -0.25) is 4.57 Å². The van der Waals surface area contributed by atoms with Crippen molar-refractivity contribution < 1.29 is 9.16 Å². The molecule has 0 bridgehead atoms. The van der Waals surface area contributed by atoms with E-state index in [9.17, 15) is 0 Å². The molecule has 0 aliphatic carbocycles. The van der Waals surface area contributed by atoms with Crippen molar-refractivity contribution in [2.75, 3.05) is 12.3 Å². The summed E-state index contributed by atoms with van der Waals surface area (Å²) in [7, 11) is -2.73. The van der Waals surface area contributed by atoms with Gasteiger partial charge in [-0.05, 0) is 21.0 Å². The highest BCUT2D eigenvalue weighted by Crippen LogP contribution is 2.40. The summed E-state index contributed by atoms with van der Waals surface area (Å²) in [5.74, 6) is 0.480. The van der Waals surface area contributed by atoms with Crippen LogP contribution in [0, 0.1) is 5.92 Å². The van der Waals surface area contributed by atoms with E-state index in [0.29, 0.717) is 23.6 Å². The number of anilines is 1. The van der Waals surface area contributed by atoms with E-state index in [-0.39, 0.29) is 23.3 Å². The molecule has 0 unspecified atom stereocenters.